The van der Waals surface area contributed by atoms with Gasteiger partial charge in [0.2, 0.25) is 0 Å². The van der Waals surface area contributed by atoms with Crippen molar-refractivity contribution in [2.75, 3.05) is 0 Å². The van der Waals surface area contributed by atoms with E-state index in [2.05, 4.69) is 55.0 Å². The summed E-state index contributed by atoms with van der Waals surface area (Å²) in [5.41, 5.74) is 5.66. The van der Waals surface area contributed by atoms with Gasteiger partial charge < -0.3 is 9.72 Å². The van der Waals surface area contributed by atoms with Crippen LogP contribution in [0.4, 0.5) is 0 Å². The molecule has 2 aromatic carbocycles. The summed E-state index contributed by atoms with van der Waals surface area (Å²) in [5, 5.41) is 0. The summed E-state index contributed by atoms with van der Waals surface area (Å²) in [6, 6.07) is 12.4. The molecule has 1 heterocycles. The number of fused-ring (bicyclic) bond motifs is 1. The molecule has 0 radical (unpaired) electrons. The average molecular weight is 266 g/mol. The molecular weight excluding hydrogens is 248 g/mol. The van der Waals surface area contributed by atoms with Crippen molar-refractivity contribution >= 4 is 11.0 Å². The van der Waals surface area contributed by atoms with E-state index in [0.717, 1.165) is 28.2 Å². The number of benzene rings is 2. The number of imidazole rings is 1. The van der Waals surface area contributed by atoms with Crippen LogP contribution in [0.3, 0.4) is 0 Å². The molecule has 3 rings (SSSR count). The van der Waals surface area contributed by atoms with Crippen molar-refractivity contribution in [2.45, 2.75) is 27.4 Å². The van der Waals surface area contributed by atoms with Crippen molar-refractivity contribution in [3.8, 4) is 5.75 Å². The molecule has 0 unspecified atom stereocenters. The number of rotatable bonds is 3. The number of ether oxygens (including phenoxy) is 1. The lowest BCUT2D eigenvalue weighted by atomic mass is 10.1. The van der Waals surface area contributed by atoms with Crippen molar-refractivity contribution in [3.63, 3.8) is 0 Å². The first-order valence-electron chi connectivity index (χ1n) is 6.77. The van der Waals surface area contributed by atoms with Crippen molar-refractivity contribution in [3.05, 3.63) is 58.9 Å². The first-order valence-corrected chi connectivity index (χ1v) is 6.77. The molecule has 0 spiro atoms. The molecule has 0 saturated heterocycles. The Morgan fingerprint density at radius 3 is 2.55 bits per heavy atom. The van der Waals surface area contributed by atoms with E-state index in [4.69, 9.17) is 4.74 Å². The zero-order valence-electron chi connectivity index (χ0n) is 12.0. The minimum Gasteiger partial charge on any atom is -0.485 e. The Morgan fingerprint density at radius 2 is 1.75 bits per heavy atom. The Hall–Kier alpha value is -2.29. The van der Waals surface area contributed by atoms with Crippen molar-refractivity contribution in [2.24, 2.45) is 0 Å². The van der Waals surface area contributed by atoms with Gasteiger partial charge in [0, 0.05) is 0 Å². The van der Waals surface area contributed by atoms with Crippen LogP contribution in [0, 0.1) is 20.8 Å². The van der Waals surface area contributed by atoms with Gasteiger partial charge >= 0.3 is 0 Å². The van der Waals surface area contributed by atoms with Gasteiger partial charge in [0.25, 0.3) is 0 Å². The number of nitrogens with zero attached hydrogens (tertiary/aromatic N) is 1. The molecule has 20 heavy (non-hydrogen) atoms. The van der Waals surface area contributed by atoms with Gasteiger partial charge in [-0.1, -0.05) is 23.8 Å². The second-order valence-electron chi connectivity index (χ2n) is 5.26. The van der Waals surface area contributed by atoms with Gasteiger partial charge in [0.1, 0.15) is 18.2 Å². The van der Waals surface area contributed by atoms with E-state index in [9.17, 15) is 0 Å². The SMILES string of the molecule is Cc1ccc(OCc2nc3ccc(C)cc3[nH]2)c(C)c1. The molecule has 0 aliphatic heterocycles. The standard InChI is InChI=1S/C17H18N2O/c1-11-5-7-16(13(3)8-11)20-10-17-18-14-6-4-12(2)9-15(14)19-17/h4-9H,10H2,1-3H3,(H,18,19). The largest absolute Gasteiger partial charge is 0.485 e. The van der Waals surface area contributed by atoms with E-state index in [1.165, 1.54) is 11.1 Å². The molecule has 0 aliphatic rings. The van der Waals surface area contributed by atoms with Crippen LogP contribution in [0.1, 0.15) is 22.5 Å². The fraction of sp³-hybridized carbons (Fsp3) is 0.235. The molecule has 0 aliphatic carbocycles. The lowest BCUT2D eigenvalue weighted by molar-refractivity contribution is 0.295. The minimum absolute atomic E-state index is 0.456. The van der Waals surface area contributed by atoms with Gasteiger partial charge in [-0.05, 0) is 50.1 Å². The molecule has 3 aromatic rings. The van der Waals surface area contributed by atoms with Crippen LogP contribution in [0.15, 0.2) is 36.4 Å². The zero-order valence-corrected chi connectivity index (χ0v) is 12.0. The second-order valence-corrected chi connectivity index (χ2v) is 5.26. The number of hydrogen-bond donors (Lipinski definition) is 1. The molecule has 1 aromatic heterocycles. The first-order chi connectivity index (χ1) is 9.61. The zero-order chi connectivity index (χ0) is 14.1. The molecule has 0 fully saturated rings. The van der Waals surface area contributed by atoms with Gasteiger partial charge in [-0.2, -0.15) is 0 Å². The Kier molecular flexibility index (Phi) is 3.18. The molecule has 0 atom stereocenters. The molecule has 3 nitrogen and oxygen atoms in total. The van der Waals surface area contributed by atoms with E-state index >= 15 is 0 Å². The van der Waals surface area contributed by atoms with Crippen molar-refractivity contribution in [1.82, 2.24) is 9.97 Å². The van der Waals surface area contributed by atoms with Gasteiger partial charge in [-0.15, -0.1) is 0 Å². The summed E-state index contributed by atoms with van der Waals surface area (Å²) in [6.07, 6.45) is 0. The highest BCUT2D eigenvalue weighted by atomic mass is 16.5. The summed E-state index contributed by atoms with van der Waals surface area (Å²) >= 11 is 0. The highest BCUT2D eigenvalue weighted by Gasteiger charge is 2.05. The quantitative estimate of drug-likeness (QED) is 0.776. The predicted molar refractivity (Wildman–Crippen MR) is 81.1 cm³/mol. The maximum absolute atomic E-state index is 5.84. The number of aromatic amines is 1. The number of aryl methyl sites for hydroxylation is 3. The third-order valence-corrected chi connectivity index (χ3v) is 3.38. The number of nitrogens with one attached hydrogen (secondary N) is 1. The lowest BCUT2D eigenvalue weighted by Gasteiger charge is -2.08. The van der Waals surface area contributed by atoms with Crippen molar-refractivity contribution in [1.29, 1.82) is 0 Å². The summed E-state index contributed by atoms with van der Waals surface area (Å²) in [5.74, 6) is 1.76. The molecule has 3 heteroatoms. The Labute approximate surface area is 118 Å². The average Bonchev–Trinajstić information content (AvgIpc) is 2.79. The maximum atomic E-state index is 5.84. The number of H-pyrrole nitrogens is 1. The van der Waals surface area contributed by atoms with E-state index in [-0.39, 0.29) is 0 Å². The van der Waals surface area contributed by atoms with Crippen LogP contribution < -0.4 is 4.74 Å². The van der Waals surface area contributed by atoms with Crippen molar-refractivity contribution < 1.29 is 4.74 Å². The van der Waals surface area contributed by atoms with Gasteiger partial charge in [-0.25, -0.2) is 4.98 Å². The molecule has 1 N–H and O–H groups in total. The van der Waals surface area contributed by atoms with Gasteiger partial charge in [0.05, 0.1) is 11.0 Å². The second kappa shape index (κ2) is 5.00. The fourth-order valence-corrected chi connectivity index (χ4v) is 2.35. The Bertz CT molecular complexity index is 759. The summed E-state index contributed by atoms with van der Waals surface area (Å²) < 4.78 is 5.84. The number of aromatic nitrogens is 2. The third-order valence-electron chi connectivity index (χ3n) is 3.38. The first kappa shape index (κ1) is 12.7. The van der Waals surface area contributed by atoms with Crippen LogP contribution in [-0.2, 0) is 6.61 Å². The lowest BCUT2D eigenvalue weighted by Crippen LogP contribution is -1.98. The molecular formula is C17H18N2O. The van der Waals surface area contributed by atoms with Crippen LogP contribution in [0.25, 0.3) is 11.0 Å². The minimum atomic E-state index is 0.456. The molecule has 0 amide bonds. The third kappa shape index (κ3) is 2.52. The summed E-state index contributed by atoms with van der Waals surface area (Å²) in [6.45, 7) is 6.67. The molecule has 0 saturated carbocycles. The number of hydrogen-bond acceptors (Lipinski definition) is 2. The van der Waals surface area contributed by atoms with E-state index in [0.29, 0.717) is 6.61 Å². The highest BCUT2D eigenvalue weighted by molar-refractivity contribution is 5.75. The van der Waals surface area contributed by atoms with E-state index in [1.807, 2.05) is 12.1 Å². The van der Waals surface area contributed by atoms with Crippen LogP contribution in [0.2, 0.25) is 0 Å². The maximum Gasteiger partial charge on any atom is 0.146 e. The normalized spacial score (nSPS) is 10.9. The molecule has 102 valence electrons. The van der Waals surface area contributed by atoms with E-state index < -0.39 is 0 Å². The van der Waals surface area contributed by atoms with Crippen LogP contribution in [-0.4, -0.2) is 9.97 Å². The van der Waals surface area contributed by atoms with E-state index in [1.54, 1.807) is 0 Å². The highest BCUT2D eigenvalue weighted by Crippen LogP contribution is 2.20. The fourth-order valence-electron chi connectivity index (χ4n) is 2.35. The van der Waals surface area contributed by atoms with Crippen LogP contribution in [0.5, 0.6) is 5.75 Å². The molecule has 0 bridgehead atoms. The summed E-state index contributed by atoms with van der Waals surface area (Å²) in [4.78, 5) is 7.84. The van der Waals surface area contributed by atoms with Gasteiger partial charge in [0.15, 0.2) is 0 Å². The Balaban J connectivity index is 1.79. The van der Waals surface area contributed by atoms with Crippen LogP contribution >= 0.6 is 0 Å². The van der Waals surface area contributed by atoms with Gasteiger partial charge in [-0.3, -0.25) is 0 Å². The topological polar surface area (TPSA) is 37.9 Å². The Morgan fingerprint density at radius 1 is 1.00 bits per heavy atom. The smallest absolute Gasteiger partial charge is 0.146 e. The monoisotopic (exact) mass is 266 g/mol. The summed E-state index contributed by atoms with van der Waals surface area (Å²) in [7, 11) is 0. The predicted octanol–water partition coefficient (Wildman–Crippen LogP) is 4.07.